The van der Waals surface area contributed by atoms with Crippen molar-refractivity contribution in [3.05, 3.63) is 0 Å². The Morgan fingerprint density at radius 2 is 2.24 bits per heavy atom. The van der Waals surface area contributed by atoms with E-state index in [0.717, 1.165) is 19.3 Å². The van der Waals surface area contributed by atoms with Gasteiger partial charge in [0.1, 0.15) is 0 Å². The Bertz CT molecular complexity index is 268. The maximum absolute atomic E-state index is 12.3. The number of nitrogens with zero attached hydrogens (tertiary/aromatic N) is 1. The molecule has 1 aliphatic carbocycles. The van der Waals surface area contributed by atoms with Crippen molar-refractivity contribution in [1.29, 1.82) is 0 Å². The predicted molar refractivity (Wildman–Crippen MR) is 68.7 cm³/mol. The number of carbonyl (C=O) groups excluding carboxylic acids is 1. The molecule has 2 atom stereocenters. The van der Waals surface area contributed by atoms with Crippen molar-refractivity contribution in [3.8, 4) is 0 Å². The van der Waals surface area contributed by atoms with E-state index in [4.69, 9.17) is 10.5 Å². The minimum Gasteiger partial charge on any atom is -0.377 e. The predicted octanol–water partition coefficient (Wildman–Crippen LogP) is 1.39. The van der Waals surface area contributed by atoms with Crippen LogP contribution in [0.1, 0.15) is 40.0 Å². The van der Waals surface area contributed by atoms with E-state index in [1.54, 1.807) is 4.90 Å². The van der Waals surface area contributed by atoms with Crippen molar-refractivity contribution in [2.24, 2.45) is 11.1 Å². The molecular weight excluding hydrogens is 216 g/mol. The molecule has 0 aromatic heterocycles. The zero-order chi connectivity index (χ0) is 13.1. The van der Waals surface area contributed by atoms with Gasteiger partial charge in [0.25, 0.3) is 0 Å². The summed E-state index contributed by atoms with van der Waals surface area (Å²) in [7, 11) is 1.84. The molecule has 1 fully saturated rings. The lowest BCUT2D eigenvalue weighted by Gasteiger charge is -2.32. The van der Waals surface area contributed by atoms with Gasteiger partial charge in [-0.1, -0.05) is 6.42 Å². The summed E-state index contributed by atoms with van der Waals surface area (Å²) in [6, 6.07) is 0.00321. The van der Waals surface area contributed by atoms with Crippen LogP contribution in [0.3, 0.4) is 0 Å². The van der Waals surface area contributed by atoms with E-state index in [-0.39, 0.29) is 23.5 Å². The molecule has 1 rings (SSSR count). The van der Waals surface area contributed by atoms with Gasteiger partial charge in [-0.05, 0) is 33.6 Å². The van der Waals surface area contributed by atoms with E-state index in [1.165, 1.54) is 0 Å². The molecule has 0 radical (unpaired) electrons. The number of hydrogen-bond acceptors (Lipinski definition) is 3. The van der Waals surface area contributed by atoms with E-state index in [2.05, 4.69) is 0 Å². The molecule has 0 spiro atoms. The SMILES string of the molecule is CC(C)OCCN(C)C(=O)C1(C)CCCC1N. The number of ether oxygens (including phenoxy) is 1. The minimum absolute atomic E-state index is 0.00321. The minimum atomic E-state index is -0.368. The topological polar surface area (TPSA) is 55.6 Å². The summed E-state index contributed by atoms with van der Waals surface area (Å²) in [5, 5.41) is 0. The Kier molecular flexibility index (Phi) is 4.95. The molecule has 2 unspecified atom stereocenters. The average Bonchev–Trinajstić information content (AvgIpc) is 2.58. The quantitative estimate of drug-likeness (QED) is 0.792. The van der Waals surface area contributed by atoms with Gasteiger partial charge in [-0.2, -0.15) is 0 Å². The fourth-order valence-electron chi connectivity index (χ4n) is 2.42. The van der Waals surface area contributed by atoms with Crippen LogP contribution in [0.4, 0.5) is 0 Å². The lowest BCUT2D eigenvalue weighted by atomic mass is 9.83. The molecule has 1 amide bonds. The summed E-state index contributed by atoms with van der Waals surface area (Å²) in [6.07, 6.45) is 3.13. The Morgan fingerprint density at radius 1 is 1.59 bits per heavy atom. The van der Waals surface area contributed by atoms with Crippen LogP contribution in [-0.2, 0) is 9.53 Å². The van der Waals surface area contributed by atoms with Gasteiger partial charge in [0.2, 0.25) is 5.91 Å². The summed E-state index contributed by atoms with van der Waals surface area (Å²) < 4.78 is 5.46. The molecule has 17 heavy (non-hydrogen) atoms. The molecule has 4 heteroatoms. The Hall–Kier alpha value is -0.610. The number of likely N-dealkylation sites (N-methyl/N-ethyl adjacent to an activating group) is 1. The van der Waals surface area contributed by atoms with Crippen LogP contribution in [0.15, 0.2) is 0 Å². The first-order chi connectivity index (χ1) is 7.88. The van der Waals surface area contributed by atoms with Crippen LogP contribution in [0.25, 0.3) is 0 Å². The molecule has 1 saturated carbocycles. The first-order valence-corrected chi connectivity index (χ1v) is 6.50. The van der Waals surface area contributed by atoms with Crippen LogP contribution < -0.4 is 5.73 Å². The molecule has 2 N–H and O–H groups in total. The van der Waals surface area contributed by atoms with E-state index < -0.39 is 0 Å². The lowest BCUT2D eigenvalue weighted by Crippen LogP contribution is -2.48. The highest BCUT2D eigenvalue weighted by molar-refractivity contribution is 5.83. The van der Waals surface area contributed by atoms with Gasteiger partial charge in [0, 0.05) is 19.6 Å². The highest BCUT2D eigenvalue weighted by Crippen LogP contribution is 2.38. The lowest BCUT2D eigenvalue weighted by molar-refractivity contribution is -0.141. The van der Waals surface area contributed by atoms with E-state index in [0.29, 0.717) is 13.2 Å². The normalized spacial score (nSPS) is 28.7. The fraction of sp³-hybridized carbons (Fsp3) is 0.923. The molecule has 0 aliphatic heterocycles. The molecule has 0 bridgehead atoms. The van der Waals surface area contributed by atoms with Gasteiger partial charge in [0.15, 0.2) is 0 Å². The van der Waals surface area contributed by atoms with Crippen molar-refractivity contribution >= 4 is 5.91 Å². The smallest absolute Gasteiger partial charge is 0.229 e. The van der Waals surface area contributed by atoms with Crippen LogP contribution in [0.5, 0.6) is 0 Å². The van der Waals surface area contributed by atoms with E-state index >= 15 is 0 Å². The Morgan fingerprint density at radius 3 is 2.71 bits per heavy atom. The number of amides is 1. The van der Waals surface area contributed by atoms with Gasteiger partial charge in [-0.15, -0.1) is 0 Å². The molecule has 4 nitrogen and oxygen atoms in total. The molecule has 0 aromatic rings. The van der Waals surface area contributed by atoms with Gasteiger partial charge in [-0.3, -0.25) is 4.79 Å². The zero-order valence-electron chi connectivity index (χ0n) is 11.5. The van der Waals surface area contributed by atoms with E-state index in [1.807, 2.05) is 27.8 Å². The summed E-state index contributed by atoms with van der Waals surface area (Å²) in [5.41, 5.74) is 5.68. The molecule has 100 valence electrons. The second kappa shape index (κ2) is 5.83. The second-order valence-corrected chi connectivity index (χ2v) is 5.56. The maximum atomic E-state index is 12.3. The van der Waals surface area contributed by atoms with Crippen molar-refractivity contribution in [2.75, 3.05) is 20.2 Å². The Balaban J connectivity index is 2.46. The van der Waals surface area contributed by atoms with Crippen LogP contribution >= 0.6 is 0 Å². The van der Waals surface area contributed by atoms with Crippen LogP contribution in [0.2, 0.25) is 0 Å². The largest absolute Gasteiger partial charge is 0.377 e. The molecule has 0 heterocycles. The number of nitrogens with two attached hydrogens (primary N) is 1. The Labute approximate surface area is 104 Å². The fourth-order valence-corrected chi connectivity index (χ4v) is 2.42. The third kappa shape index (κ3) is 3.42. The van der Waals surface area contributed by atoms with Crippen molar-refractivity contribution in [3.63, 3.8) is 0 Å². The monoisotopic (exact) mass is 242 g/mol. The van der Waals surface area contributed by atoms with Crippen molar-refractivity contribution in [2.45, 2.75) is 52.2 Å². The molecule has 0 saturated heterocycles. The third-order valence-corrected chi connectivity index (χ3v) is 3.74. The average molecular weight is 242 g/mol. The summed E-state index contributed by atoms with van der Waals surface area (Å²) in [5.74, 6) is 0.162. The summed E-state index contributed by atoms with van der Waals surface area (Å²) in [4.78, 5) is 14.1. The number of hydrogen-bond donors (Lipinski definition) is 1. The third-order valence-electron chi connectivity index (χ3n) is 3.74. The highest BCUT2D eigenvalue weighted by Gasteiger charge is 2.44. The first-order valence-electron chi connectivity index (χ1n) is 6.50. The molecular formula is C13H26N2O2. The van der Waals surface area contributed by atoms with Gasteiger partial charge in [0.05, 0.1) is 18.1 Å². The maximum Gasteiger partial charge on any atom is 0.229 e. The summed E-state index contributed by atoms with van der Waals surface area (Å²) in [6.45, 7) is 7.21. The number of rotatable bonds is 5. The first kappa shape index (κ1) is 14.5. The van der Waals surface area contributed by atoms with Crippen LogP contribution in [0, 0.1) is 5.41 Å². The van der Waals surface area contributed by atoms with Crippen LogP contribution in [-0.4, -0.2) is 43.2 Å². The zero-order valence-corrected chi connectivity index (χ0v) is 11.5. The van der Waals surface area contributed by atoms with E-state index in [9.17, 15) is 4.79 Å². The standard InChI is InChI=1S/C13H26N2O2/c1-10(2)17-9-8-15(4)12(16)13(3)7-5-6-11(13)14/h10-11H,5-9,14H2,1-4H3. The van der Waals surface area contributed by atoms with Gasteiger partial charge < -0.3 is 15.4 Å². The van der Waals surface area contributed by atoms with Gasteiger partial charge >= 0.3 is 0 Å². The van der Waals surface area contributed by atoms with Gasteiger partial charge in [-0.25, -0.2) is 0 Å². The highest BCUT2D eigenvalue weighted by atomic mass is 16.5. The van der Waals surface area contributed by atoms with Crippen molar-refractivity contribution < 1.29 is 9.53 Å². The van der Waals surface area contributed by atoms with Crippen molar-refractivity contribution in [1.82, 2.24) is 4.90 Å². The molecule has 0 aromatic carbocycles. The number of carbonyl (C=O) groups is 1. The second-order valence-electron chi connectivity index (χ2n) is 5.56. The molecule has 1 aliphatic rings. The summed E-state index contributed by atoms with van der Waals surface area (Å²) >= 11 is 0.